The molecule has 1 fully saturated rings. The molecule has 6 heteroatoms. The Morgan fingerprint density at radius 1 is 1.41 bits per heavy atom. The molecule has 0 aliphatic carbocycles. The Kier molecular flexibility index (Phi) is 4.78. The molecule has 22 heavy (non-hydrogen) atoms. The fraction of sp³-hybridized carbons (Fsp3) is 0.625. The van der Waals surface area contributed by atoms with Gasteiger partial charge in [0, 0.05) is 37.9 Å². The van der Waals surface area contributed by atoms with Crippen molar-refractivity contribution in [1.82, 2.24) is 9.47 Å². The molecule has 1 aliphatic rings. The number of ether oxygens (including phenoxy) is 1. The molecular weight excluding hydrogens is 282 g/mol. The summed E-state index contributed by atoms with van der Waals surface area (Å²) in [4.78, 5) is 25.3. The van der Waals surface area contributed by atoms with E-state index in [4.69, 9.17) is 4.74 Å². The number of hydrogen-bond acceptors (Lipinski definition) is 4. The number of nitrogens with zero attached hydrogens (tertiary/aromatic N) is 2. The van der Waals surface area contributed by atoms with Crippen LogP contribution in [0.5, 0.6) is 0 Å². The predicted molar refractivity (Wildman–Crippen MR) is 86.2 cm³/mol. The van der Waals surface area contributed by atoms with Crippen molar-refractivity contribution in [3.05, 3.63) is 28.7 Å². The number of likely N-dealkylation sites (tertiary alicyclic amines) is 1. The normalized spacial score (nSPS) is 18.4. The van der Waals surface area contributed by atoms with Crippen molar-refractivity contribution in [2.45, 2.75) is 52.3 Å². The molecule has 1 aromatic heterocycles. The minimum Gasteiger partial charge on any atom is -0.444 e. The number of hydrogen-bond donors (Lipinski definition) is 1. The molecule has 1 saturated heterocycles. The second kappa shape index (κ2) is 6.42. The fourth-order valence-corrected chi connectivity index (χ4v) is 2.47. The van der Waals surface area contributed by atoms with E-state index in [2.05, 4.69) is 5.32 Å². The lowest BCUT2D eigenvalue weighted by Gasteiger charge is -2.24. The van der Waals surface area contributed by atoms with Gasteiger partial charge in [0.15, 0.2) is 0 Å². The Labute approximate surface area is 131 Å². The largest absolute Gasteiger partial charge is 0.444 e. The molecule has 0 bridgehead atoms. The van der Waals surface area contributed by atoms with Crippen LogP contribution >= 0.6 is 0 Å². The van der Waals surface area contributed by atoms with Gasteiger partial charge in [0.25, 0.3) is 5.56 Å². The third-order valence-corrected chi connectivity index (χ3v) is 3.53. The highest BCUT2D eigenvalue weighted by molar-refractivity contribution is 5.68. The SMILES string of the molecule is CCn1cc(NC2CCN(C(=O)OC(C)(C)C)C2)ccc1=O. The van der Waals surface area contributed by atoms with Crippen molar-refractivity contribution >= 4 is 11.8 Å². The average Bonchev–Trinajstić information content (AvgIpc) is 2.87. The van der Waals surface area contributed by atoms with Crippen molar-refractivity contribution in [3.63, 3.8) is 0 Å². The van der Waals surface area contributed by atoms with E-state index in [1.165, 1.54) is 0 Å². The molecule has 1 atom stereocenters. The molecule has 0 aromatic carbocycles. The molecule has 6 nitrogen and oxygen atoms in total. The predicted octanol–water partition coefficient (Wildman–Crippen LogP) is 2.29. The Bertz CT molecular complexity index is 589. The minimum absolute atomic E-state index is 0.00477. The summed E-state index contributed by atoms with van der Waals surface area (Å²) in [6, 6.07) is 3.52. The highest BCUT2D eigenvalue weighted by Gasteiger charge is 2.29. The van der Waals surface area contributed by atoms with Crippen LogP contribution in [-0.4, -0.2) is 40.3 Å². The zero-order valence-electron chi connectivity index (χ0n) is 13.8. The maximum atomic E-state index is 12.0. The molecule has 1 aromatic rings. The summed E-state index contributed by atoms with van der Waals surface area (Å²) >= 11 is 0. The van der Waals surface area contributed by atoms with Crippen LogP contribution in [0.2, 0.25) is 0 Å². The number of amides is 1. The standard InChI is InChI=1S/C16H25N3O3/c1-5-18-10-12(6-7-14(18)20)17-13-8-9-19(11-13)15(21)22-16(2,3)4/h6-7,10,13,17H,5,8-9,11H2,1-4H3. The zero-order valence-corrected chi connectivity index (χ0v) is 13.8. The van der Waals surface area contributed by atoms with Gasteiger partial charge < -0.3 is 19.5 Å². The maximum Gasteiger partial charge on any atom is 0.410 e. The van der Waals surface area contributed by atoms with E-state index >= 15 is 0 Å². The molecule has 0 radical (unpaired) electrons. The van der Waals surface area contributed by atoms with E-state index in [1.807, 2.05) is 33.9 Å². The van der Waals surface area contributed by atoms with Crippen molar-refractivity contribution in [2.75, 3.05) is 18.4 Å². The van der Waals surface area contributed by atoms with Crippen molar-refractivity contribution < 1.29 is 9.53 Å². The van der Waals surface area contributed by atoms with Gasteiger partial charge in [-0.15, -0.1) is 0 Å². The monoisotopic (exact) mass is 307 g/mol. The van der Waals surface area contributed by atoms with Crippen LogP contribution in [0.4, 0.5) is 10.5 Å². The van der Waals surface area contributed by atoms with E-state index in [-0.39, 0.29) is 17.7 Å². The van der Waals surface area contributed by atoms with Gasteiger partial charge in [0.2, 0.25) is 0 Å². The number of carbonyl (C=O) groups is 1. The molecule has 2 rings (SSSR count). The topological polar surface area (TPSA) is 63.6 Å². The molecule has 1 N–H and O–H groups in total. The molecule has 2 heterocycles. The summed E-state index contributed by atoms with van der Waals surface area (Å²) in [5.74, 6) is 0. The van der Waals surface area contributed by atoms with Gasteiger partial charge >= 0.3 is 6.09 Å². The number of pyridine rings is 1. The van der Waals surface area contributed by atoms with Crippen molar-refractivity contribution in [3.8, 4) is 0 Å². The van der Waals surface area contributed by atoms with Gasteiger partial charge in [-0.05, 0) is 40.2 Å². The van der Waals surface area contributed by atoms with Crippen LogP contribution in [0, 0.1) is 0 Å². The number of carbonyl (C=O) groups excluding carboxylic acids is 1. The highest BCUT2D eigenvalue weighted by atomic mass is 16.6. The first-order chi connectivity index (χ1) is 10.3. The lowest BCUT2D eigenvalue weighted by molar-refractivity contribution is 0.0293. The van der Waals surface area contributed by atoms with E-state index in [0.717, 1.165) is 12.1 Å². The zero-order chi connectivity index (χ0) is 16.3. The first-order valence-corrected chi connectivity index (χ1v) is 7.73. The quantitative estimate of drug-likeness (QED) is 0.930. The molecule has 0 spiro atoms. The maximum absolute atomic E-state index is 12.0. The number of nitrogens with one attached hydrogen (secondary N) is 1. The third kappa shape index (κ3) is 4.26. The first kappa shape index (κ1) is 16.4. The number of aryl methyl sites for hydroxylation is 1. The van der Waals surface area contributed by atoms with Crippen LogP contribution in [0.15, 0.2) is 23.1 Å². The minimum atomic E-state index is -0.473. The summed E-state index contributed by atoms with van der Waals surface area (Å²) in [5, 5.41) is 3.38. The van der Waals surface area contributed by atoms with Gasteiger partial charge in [-0.1, -0.05) is 0 Å². The smallest absolute Gasteiger partial charge is 0.410 e. The molecule has 1 aliphatic heterocycles. The van der Waals surface area contributed by atoms with Crippen LogP contribution in [-0.2, 0) is 11.3 Å². The molecular formula is C16H25N3O3. The average molecular weight is 307 g/mol. The van der Waals surface area contributed by atoms with Crippen molar-refractivity contribution in [1.29, 1.82) is 0 Å². The van der Waals surface area contributed by atoms with Crippen LogP contribution in [0.1, 0.15) is 34.1 Å². The Hall–Kier alpha value is -1.98. The van der Waals surface area contributed by atoms with Crippen LogP contribution in [0.3, 0.4) is 0 Å². The summed E-state index contributed by atoms with van der Waals surface area (Å²) in [6.07, 6.45) is 2.42. The third-order valence-electron chi connectivity index (χ3n) is 3.53. The summed E-state index contributed by atoms with van der Waals surface area (Å²) in [7, 11) is 0. The highest BCUT2D eigenvalue weighted by Crippen LogP contribution is 2.18. The van der Waals surface area contributed by atoms with Gasteiger partial charge in [0.1, 0.15) is 5.60 Å². The molecule has 0 saturated carbocycles. The molecule has 1 unspecified atom stereocenters. The Morgan fingerprint density at radius 3 is 2.77 bits per heavy atom. The van der Waals surface area contributed by atoms with Gasteiger partial charge in [-0.2, -0.15) is 0 Å². The van der Waals surface area contributed by atoms with E-state index in [1.54, 1.807) is 21.6 Å². The van der Waals surface area contributed by atoms with E-state index in [0.29, 0.717) is 19.6 Å². The van der Waals surface area contributed by atoms with Gasteiger partial charge in [0.05, 0.1) is 5.69 Å². The van der Waals surface area contributed by atoms with Crippen LogP contribution in [0.25, 0.3) is 0 Å². The number of rotatable bonds is 3. The second-order valence-electron chi connectivity index (χ2n) is 6.60. The Morgan fingerprint density at radius 2 is 2.14 bits per heavy atom. The fourth-order valence-electron chi connectivity index (χ4n) is 2.47. The number of aromatic nitrogens is 1. The Balaban J connectivity index is 1.94. The first-order valence-electron chi connectivity index (χ1n) is 7.73. The second-order valence-corrected chi connectivity index (χ2v) is 6.60. The van der Waals surface area contributed by atoms with Crippen LogP contribution < -0.4 is 10.9 Å². The van der Waals surface area contributed by atoms with E-state index in [9.17, 15) is 9.59 Å². The molecule has 122 valence electrons. The lowest BCUT2D eigenvalue weighted by Crippen LogP contribution is -2.36. The number of anilines is 1. The van der Waals surface area contributed by atoms with Gasteiger partial charge in [-0.25, -0.2) is 4.79 Å². The lowest BCUT2D eigenvalue weighted by atomic mass is 10.2. The van der Waals surface area contributed by atoms with Gasteiger partial charge in [-0.3, -0.25) is 4.79 Å². The summed E-state index contributed by atoms with van der Waals surface area (Å²) in [5.41, 5.74) is 0.423. The molecule has 1 amide bonds. The van der Waals surface area contributed by atoms with E-state index < -0.39 is 5.60 Å². The van der Waals surface area contributed by atoms with Crippen molar-refractivity contribution in [2.24, 2.45) is 0 Å². The summed E-state index contributed by atoms with van der Waals surface area (Å²) in [6.45, 7) is 9.47. The summed E-state index contributed by atoms with van der Waals surface area (Å²) < 4.78 is 7.04.